The van der Waals surface area contributed by atoms with Crippen LogP contribution in [0.5, 0.6) is 5.75 Å². The molecule has 0 aliphatic rings. The molecule has 0 radical (unpaired) electrons. The zero-order valence-corrected chi connectivity index (χ0v) is 24.9. The molecular formula is C34H36BrOP. The Kier molecular flexibility index (Phi) is 8.22. The molecular weight excluding hydrogens is 535 g/mol. The third kappa shape index (κ3) is 5.11. The van der Waals surface area contributed by atoms with Crippen molar-refractivity contribution in [2.45, 2.75) is 27.7 Å². The maximum atomic E-state index is 5.56. The summed E-state index contributed by atoms with van der Waals surface area (Å²) in [4.78, 5) is 0. The third-order valence-electron chi connectivity index (χ3n) is 7.48. The molecule has 0 saturated carbocycles. The molecule has 1 nitrogen and oxygen atoms in total. The van der Waals surface area contributed by atoms with Crippen LogP contribution in [0.25, 0.3) is 6.08 Å². The number of hydrogen-bond donors (Lipinski definition) is 0. The molecule has 0 saturated heterocycles. The van der Waals surface area contributed by atoms with Crippen LogP contribution in [0.3, 0.4) is 0 Å². The Morgan fingerprint density at radius 2 is 1.22 bits per heavy atom. The fraction of sp³-hybridized carbons (Fsp3) is 0.176. The van der Waals surface area contributed by atoms with Gasteiger partial charge in [0.25, 0.3) is 0 Å². The van der Waals surface area contributed by atoms with Crippen LogP contribution in [0.1, 0.15) is 29.2 Å². The van der Waals surface area contributed by atoms with E-state index in [2.05, 4.69) is 158 Å². The first kappa shape index (κ1) is 27.1. The number of aryl methyl sites for hydroxylation is 1. The molecule has 0 aromatic heterocycles. The number of rotatable bonds is 8. The quantitative estimate of drug-likeness (QED) is 0.152. The molecule has 4 rings (SSSR count). The third-order valence-corrected chi connectivity index (χ3v) is 17.0. The molecule has 0 atom stereocenters. The van der Waals surface area contributed by atoms with Crippen molar-refractivity contribution in [3.63, 3.8) is 0 Å². The van der Waals surface area contributed by atoms with Gasteiger partial charge in [-0.15, -0.1) is 0 Å². The number of methoxy groups -OCH3 is 1. The Morgan fingerprint density at radius 1 is 0.757 bits per heavy atom. The van der Waals surface area contributed by atoms with Crippen LogP contribution in [0, 0.1) is 20.8 Å². The molecule has 0 spiro atoms. The molecule has 0 aliphatic heterocycles. The second-order valence-electron chi connectivity index (χ2n) is 9.71. The molecule has 4 aromatic rings. The number of benzene rings is 4. The Bertz CT molecular complexity index is 1320. The first-order chi connectivity index (χ1) is 17.8. The van der Waals surface area contributed by atoms with Gasteiger partial charge in [-0.1, -0.05) is 0 Å². The summed E-state index contributed by atoms with van der Waals surface area (Å²) in [6.07, 6.45) is 7.77. The van der Waals surface area contributed by atoms with Gasteiger partial charge in [-0.3, -0.25) is 0 Å². The van der Waals surface area contributed by atoms with Gasteiger partial charge >= 0.3 is 231 Å². The SMILES string of the molecule is COc1cc(C)c(/C=C/C(C)=C/CP(Br)(c2ccccc2)(c2ccccc2)c2ccccc2)c(C)c1C. The van der Waals surface area contributed by atoms with Gasteiger partial charge in [0.2, 0.25) is 0 Å². The van der Waals surface area contributed by atoms with Crippen molar-refractivity contribution in [3.8, 4) is 5.75 Å². The van der Waals surface area contributed by atoms with Crippen LogP contribution in [0.4, 0.5) is 0 Å². The summed E-state index contributed by atoms with van der Waals surface area (Å²) in [5.41, 5.74) is 6.18. The number of ether oxygens (including phenoxy) is 1. The van der Waals surface area contributed by atoms with Gasteiger partial charge in [-0.2, -0.15) is 0 Å². The van der Waals surface area contributed by atoms with E-state index in [0.29, 0.717) is 0 Å². The number of hydrogen-bond acceptors (Lipinski definition) is 1. The normalized spacial score (nSPS) is 13.4. The van der Waals surface area contributed by atoms with Crippen LogP contribution in [0.15, 0.2) is 115 Å². The average Bonchev–Trinajstić information content (AvgIpc) is 2.95. The summed E-state index contributed by atoms with van der Waals surface area (Å²) in [5, 5.41) is 1.02. The minimum absolute atomic E-state index is 0.874. The van der Waals surface area contributed by atoms with Gasteiger partial charge < -0.3 is 0 Å². The van der Waals surface area contributed by atoms with Gasteiger partial charge in [0, 0.05) is 0 Å². The van der Waals surface area contributed by atoms with E-state index >= 15 is 0 Å². The standard InChI is InChI=1S/C34H36BrOP/c1-26(21-22-33-27(2)25-34(36-5)29(4)28(33)3)23-24-37(35,30-15-9-6-10-16-30,31-17-11-7-12-18-31)32-19-13-8-14-20-32/h6-23,25H,24H2,1-5H3/b22-21+,26-23+. The van der Waals surface area contributed by atoms with Crippen LogP contribution in [0.2, 0.25) is 0 Å². The topological polar surface area (TPSA) is 9.23 Å². The Hall–Kier alpha value is -2.93. The van der Waals surface area contributed by atoms with E-state index < -0.39 is 5.31 Å². The Morgan fingerprint density at radius 3 is 1.65 bits per heavy atom. The van der Waals surface area contributed by atoms with Crippen LogP contribution < -0.4 is 20.7 Å². The average molecular weight is 572 g/mol. The second-order valence-corrected chi connectivity index (χ2v) is 18.7. The summed E-state index contributed by atoms with van der Waals surface area (Å²) in [6, 6.07) is 35.0. The maximum absolute atomic E-state index is 5.56. The summed E-state index contributed by atoms with van der Waals surface area (Å²) in [5.74, 6) is 0.949. The Labute approximate surface area is 230 Å². The predicted octanol–water partition coefficient (Wildman–Crippen LogP) is 8.42. The van der Waals surface area contributed by atoms with Crippen LogP contribution in [-0.2, 0) is 0 Å². The molecule has 0 N–H and O–H groups in total. The molecule has 0 aliphatic carbocycles. The summed E-state index contributed by atoms with van der Waals surface area (Å²) in [6.45, 7) is 8.65. The Balaban J connectivity index is 1.84. The van der Waals surface area contributed by atoms with Crippen molar-refractivity contribution in [3.05, 3.63) is 137 Å². The molecule has 0 bridgehead atoms. The van der Waals surface area contributed by atoms with Crippen molar-refractivity contribution < 1.29 is 4.74 Å². The molecule has 0 fully saturated rings. The van der Waals surface area contributed by atoms with E-state index in [0.717, 1.165) is 11.9 Å². The molecule has 4 aromatic carbocycles. The van der Waals surface area contributed by atoms with Gasteiger partial charge in [-0.25, -0.2) is 0 Å². The van der Waals surface area contributed by atoms with E-state index in [4.69, 9.17) is 4.74 Å². The van der Waals surface area contributed by atoms with E-state index in [9.17, 15) is 0 Å². The molecule has 190 valence electrons. The van der Waals surface area contributed by atoms with Crippen molar-refractivity contribution in [2.24, 2.45) is 0 Å². The summed E-state index contributed by atoms with van der Waals surface area (Å²) < 4.78 is 5.56. The van der Waals surface area contributed by atoms with Crippen molar-refractivity contribution >= 4 is 42.8 Å². The van der Waals surface area contributed by atoms with E-state index in [1.54, 1.807) is 7.11 Å². The van der Waals surface area contributed by atoms with E-state index in [1.807, 2.05) is 0 Å². The zero-order valence-electron chi connectivity index (χ0n) is 22.4. The van der Waals surface area contributed by atoms with Crippen molar-refractivity contribution in [2.75, 3.05) is 13.3 Å². The second kappa shape index (κ2) is 11.2. The number of halogens is 1. The first-order valence-corrected chi connectivity index (χ1v) is 17.1. The van der Waals surface area contributed by atoms with E-state index in [-0.39, 0.29) is 0 Å². The van der Waals surface area contributed by atoms with Crippen molar-refractivity contribution in [1.29, 1.82) is 0 Å². The summed E-state index contributed by atoms with van der Waals surface area (Å²) >= 11 is 4.54. The molecule has 3 heteroatoms. The van der Waals surface area contributed by atoms with Crippen LogP contribution >= 0.6 is 20.8 Å². The van der Waals surface area contributed by atoms with Crippen LogP contribution in [-0.4, -0.2) is 13.3 Å². The fourth-order valence-electron chi connectivity index (χ4n) is 5.11. The molecule has 0 unspecified atom stereocenters. The fourth-order valence-corrected chi connectivity index (χ4v) is 12.2. The number of allylic oxidation sites excluding steroid dienone is 3. The van der Waals surface area contributed by atoms with Gasteiger partial charge in [0.1, 0.15) is 0 Å². The predicted molar refractivity (Wildman–Crippen MR) is 169 cm³/mol. The molecule has 37 heavy (non-hydrogen) atoms. The van der Waals surface area contributed by atoms with E-state index in [1.165, 1.54) is 43.7 Å². The minimum atomic E-state index is -2.97. The monoisotopic (exact) mass is 570 g/mol. The van der Waals surface area contributed by atoms with Gasteiger partial charge in [-0.05, 0) is 0 Å². The van der Waals surface area contributed by atoms with Gasteiger partial charge in [0.05, 0.1) is 0 Å². The summed E-state index contributed by atoms with van der Waals surface area (Å²) in [7, 11) is 1.74. The molecule has 0 amide bonds. The zero-order chi connectivity index (χ0) is 26.5. The molecule has 0 heterocycles. The van der Waals surface area contributed by atoms with Crippen molar-refractivity contribution in [1.82, 2.24) is 0 Å². The van der Waals surface area contributed by atoms with Gasteiger partial charge in [0.15, 0.2) is 0 Å². The first-order valence-electron chi connectivity index (χ1n) is 12.7.